The van der Waals surface area contributed by atoms with Crippen molar-refractivity contribution in [2.45, 2.75) is 11.7 Å². The van der Waals surface area contributed by atoms with Crippen LogP contribution in [0.4, 0.5) is 0 Å². The van der Waals surface area contributed by atoms with Crippen molar-refractivity contribution in [1.29, 1.82) is 0 Å². The molecule has 2 aromatic carbocycles. The van der Waals surface area contributed by atoms with Gasteiger partial charge in [-0.15, -0.1) is 0 Å². The Morgan fingerprint density at radius 1 is 1.09 bits per heavy atom. The average molecular weight is 326 g/mol. The van der Waals surface area contributed by atoms with Crippen LogP contribution in [0.2, 0.25) is 0 Å². The average Bonchev–Trinajstić information content (AvgIpc) is 2.57. The highest BCUT2D eigenvalue weighted by Crippen LogP contribution is 2.18. The molecular weight excluding hydrogens is 312 g/mol. The highest BCUT2D eigenvalue weighted by atomic mass is 32.2. The summed E-state index contributed by atoms with van der Waals surface area (Å²) in [4.78, 5) is 28.1. The Kier molecular flexibility index (Phi) is 4.43. The second kappa shape index (κ2) is 6.66. The van der Waals surface area contributed by atoms with Gasteiger partial charge in [0.15, 0.2) is 5.16 Å². The molecule has 0 aliphatic carbocycles. The molecule has 0 bridgehead atoms. The Morgan fingerprint density at radius 3 is 2.52 bits per heavy atom. The molecule has 0 aliphatic heterocycles. The van der Waals surface area contributed by atoms with E-state index in [0.717, 1.165) is 17.3 Å². The van der Waals surface area contributed by atoms with Crippen molar-refractivity contribution >= 4 is 28.6 Å². The number of para-hydroxylation sites is 1. The first-order valence-corrected chi connectivity index (χ1v) is 8.02. The summed E-state index contributed by atoms with van der Waals surface area (Å²) in [5, 5.41) is 9.85. The van der Waals surface area contributed by atoms with Crippen LogP contribution in [0, 0.1) is 0 Å². The van der Waals surface area contributed by atoms with Gasteiger partial charge in [0.25, 0.3) is 5.56 Å². The summed E-state index contributed by atoms with van der Waals surface area (Å²) in [6, 6.07) is 16.7. The molecule has 1 heterocycles. The van der Waals surface area contributed by atoms with Crippen LogP contribution in [-0.4, -0.2) is 26.4 Å². The second-order valence-corrected chi connectivity index (χ2v) is 5.91. The Bertz CT molecular complexity index is 907. The maximum Gasteiger partial charge on any atom is 0.313 e. The van der Waals surface area contributed by atoms with E-state index in [1.807, 2.05) is 36.4 Å². The summed E-state index contributed by atoms with van der Waals surface area (Å²) in [6.45, 7) is 0.361. The number of aromatic nitrogens is 2. The molecule has 0 unspecified atom stereocenters. The Balaban J connectivity index is 2.11. The minimum atomic E-state index is -0.941. The van der Waals surface area contributed by atoms with Crippen LogP contribution in [0.25, 0.3) is 10.9 Å². The van der Waals surface area contributed by atoms with E-state index in [0.29, 0.717) is 22.6 Å². The fraction of sp³-hybridized carbons (Fsp3) is 0.118. The van der Waals surface area contributed by atoms with Crippen molar-refractivity contribution in [3.63, 3.8) is 0 Å². The molecule has 116 valence electrons. The fourth-order valence-corrected chi connectivity index (χ4v) is 3.01. The third kappa shape index (κ3) is 3.43. The summed E-state index contributed by atoms with van der Waals surface area (Å²) >= 11 is 1.06. The van der Waals surface area contributed by atoms with Crippen LogP contribution < -0.4 is 5.56 Å². The molecule has 6 heteroatoms. The molecule has 5 nitrogen and oxygen atoms in total. The van der Waals surface area contributed by atoms with Gasteiger partial charge < -0.3 is 5.11 Å². The van der Waals surface area contributed by atoms with E-state index < -0.39 is 5.97 Å². The number of nitrogens with zero attached hydrogens (tertiary/aromatic N) is 2. The Hall–Kier alpha value is -2.60. The molecule has 0 spiro atoms. The summed E-state index contributed by atoms with van der Waals surface area (Å²) in [5.41, 5.74) is 1.38. The first-order chi connectivity index (χ1) is 11.1. The van der Waals surface area contributed by atoms with Gasteiger partial charge in [0, 0.05) is 0 Å². The van der Waals surface area contributed by atoms with Gasteiger partial charge in [-0.2, -0.15) is 0 Å². The number of carboxylic acid groups (broad SMARTS) is 1. The molecule has 0 saturated heterocycles. The van der Waals surface area contributed by atoms with Gasteiger partial charge in [-0.1, -0.05) is 54.2 Å². The van der Waals surface area contributed by atoms with E-state index in [9.17, 15) is 9.59 Å². The van der Waals surface area contributed by atoms with Crippen molar-refractivity contribution in [2.24, 2.45) is 0 Å². The van der Waals surface area contributed by atoms with Gasteiger partial charge in [-0.05, 0) is 17.7 Å². The lowest BCUT2D eigenvalue weighted by molar-refractivity contribution is -0.133. The van der Waals surface area contributed by atoms with E-state index in [-0.39, 0.29) is 11.3 Å². The van der Waals surface area contributed by atoms with Gasteiger partial charge in [0.05, 0.1) is 23.2 Å². The van der Waals surface area contributed by atoms with Gasteiger partial charge in [-0.3, -0.25) is 14.2 Å². The Morgan fingerprint density at radius 2 is 1.78 bits per heavy atom. The summed E-state index contributed by atoms with van der Waals surface area (Å²) in [6.07, 6.45) is 0. The molecule has 1 N–H and O–H groups in total. The number of fused-ring (bicyclic) bond motifs is 1. The maximum absolute atomic E-state index is 12.8. The predicted molar refractivity (Wildman–Crippen MR) is 89.9 cm³/mol. The van der Waals surface area contributed by atoms with Gasteiger partial charge in [0.2, 0.25) is 0 Å². The first kappa shape index (κ1) is 15.3. The molecule has 0 radical (unpaired) electrons. The van der Waals surface area contributed by atoms with E-state index in [4.69, 9.17) is 5.11 Å². The minimum absolute atomic E-state index is 0.139. The van der Waals surface area contributed by atoms with Crippen LogP contribution in [0.3, 0.4) is 0 Å². The van der Waals surface area contributed by atoms with Gasteiger partial charge in [0.1, 0.15) is 0 Å². The number of hydrogen-bond acceptors (Lipinski definition) is 4. The highest BCUT2D eigenvalue weighted by molar-refractivity contribution is 7.99. The van der Waals surface area contributed by atoms with Gasteiger partial charge in [-0.25, -0.2) is 4.98 Å². The summed E-state index contributed by atoms with van der Waals surface area (Å²) in [5.74, 6) is -1.08. The molecule has 0 fully saturated rings. The van der Waals surface area contributed by atoms with Crippen LogP contribution >= 0.6 is 11.8 Å². The van der Waals surface area contributed by atoms with Gasteiger partial charge >= 0.3 is 5.97 Å². The van der Waals surface area contributed by atoms with Crippen molar-refractivity contribution < 1.29 is 9.90 Å². The number of carboxylic acids is 1. The largest absolute Gasteiger partial charge is 0.481 e. The van der Waals surface area contributed by atoms with E-state index in [1.165, 1.54) is 4.57 Å². The molecule has 0 amide bonds. The zero-order valence-corrected chi connectivity index (χ0v) is 13.0. The third-order valence-corrected chi connectivity index (χ3v) is 4.30. The fourth-order valence-electron chi connectivity index (χ4n) is 2.29. The number of benzene rings is 2. The maximum atomic E-state index is 12.8. The minimum Gasteiger partial charge on any atom is -0.481 e. The van der Waals surface area contributed by atoms with Crippen molar-refractivity contribution in [1.82, 2.24) is 9.55 Å². The number of hydrogen-bond donors (Lipinski definition) is 1. The monoisotopic (exact) mass is 326 g/mol. The van der Waals surface area contributed by atoms with E-state index >= 15 is 0 Å². The molecule has 3 rings (SSSR count). The van der Waals surface area contributed by atoms with Crippen molar-refractivity contribution in [3.8, 4) is 0 Å². The SMILES string of the molecule is O=C(O)CSc1nc2ccccc2c(=O)n1Cc1ccccc1. The molecular formula is C17H14N2O3S. The third-order valence-electron chi connectivity index (χ3n) is 3.33. The number of carbonyl (C=O) groups is 1. The van der Waals surface area contributed by atoms with Crippen molar-refractivity contribution in [2.75, 3.05) is 5.75 Å². The smallest absolute Gasteiger partial charge is 0.313 e. The molecule has 23 heavy (non-hydrogen) atoms. The lowest BCUT2D eigenvalue weighted by Gasteiger charge is -2.12. The quantitative estimate of drug-likeness (QED) is 0.576. The van der Waals surface area contributed by atoms with E-state index in [2.05, 4.69) is 4.98 Å². The topological polar surface area (TPSA) is 72.2 Å². The van der Waals surface area contributed by atoms with E-state index in [1.54, 1.807) is 18.2 Å². The molecule has 3 aromatic rings. The van der Waals surface area contributed by atoms with Crippen LogP contribution in [0.15, 0.2) is 64.5 Å². The zero-order valence-electron chi connectivity index (χ0n) is 12.2. The first-order valence-electron chi connectivity index (χ1n) is 7.03. The number of aliphatic carboxylic acids is 1. The second-order valence-electron chi connectivity index (χ2n) is 4.97. The van der Waals surface area contributed by atoms with Crippen LogP contribution in [0.1, 0.15) is 5.56 Å². The lowest BCUT2D eigenvalue weighted by atomic mass is 10.2. The van der Waals surface area contributed by atoms with Crippen molar-refractivity contribution in [3.05, 3.63) is 70.5 Å². The highest BCUT2D eigenvalue weighted by Gasteiger charge is 2.13. The number of rotatable bonds is 5. The standard InChI is InChI=1S/C17H14N2O3S/c20-15(21)11-23-17-18-14-9-5-4-8-13(14)16(22)19(17)10-12-6-2-1-3-7-12/h1-9H,10-11H2,(H,20,21). The molecule has 0 aliphatic rings. The van der Waals surface area contributed by atoms with Crippen LogP contribution in [-0.2, 0) is 11.3 Å². The molecule has 1 aromatic heterocycles. The Labute approximate surface area is 136 Å². The number of thioether (sulfide) groups is 1. The predicted octanol–water partition coefficient (Wildman–Crippen LogP) is 2.62. The normalized spacial score (nSPS) is 10.8. The summed E-state index contributed by atoms with van der Waals surface area (Å²) < 4.78 is 1.53. The lowest BCUT2D eigenvalue weighted by Crippen LogP contribution is -2.24. The summed E-state index contributed by atoms with van der Waals surface area (Å²) in [7, 11) is 0. The van der Waals surface area contributed by atoms with Crippen LogP contribution in [0.5, 0.6) is 0 Å². The molecule has 0 atom stereocenters. The zero-order chi connectivity index (χ0) is 16.2. The molecule has 0 saturated carbocycles.